The standard InChI is InChI=1S/C15H20N6O2/c1-3-20(4-2)15-18-13(16)12(21(22)23)14(19-15)17-10-11-8-6-5-7-9-11/h5-9H,3-4,10H2,1-2H3,(H3,16,17,18,19). The zero-order valence-corrected chi connectivity index (χ0v) is 13.2. The maximum Gasteiger partial charge on any atom is 0.353 e. The van der Waals surface area contributed by atoms with Gasteiger partial charge in [0, 0.05) is 19.6 Å². The summed E-state index contributed by atoms with van der Waals surface area (Å²) in [6.45, 7) is 5.71. The second-order valence-corrected chi connectivity index (χ2v) is 4.87. The first kappa shape index (κ1) is 16.5. The number of nitro groups is 1. The summed E-state index contributed by atoms with van der Waals surface area (Å²) in [7, 11) is 0. The van der Waals surface area contributed by atoms with E-state index in [2.05, 4.69) is 15.3 Å². The molecule has 8 nitrogen and oxygen atoms in total. The quantitative estimate of drug-likeness (QED) is 0.596. The van der Waals surface area contributed by atoms with Gasteiger partial charge in [0.25, 0.3) is 0 Å². The Morgan fingerprint density at radius 2 is 1.87 bits per heavy atom. The Bertz CT molecular complexity index is 673. The van der Waals surface area contributed by atoms with Gasteiger partial charge in [0.1, 0.15) is 0 Å². The molecule has 8 heteroatoms. The topological polar surface area (TPSA) is 110 Å². The Balaban J connectivity index is 2.35. The third-order valence-electron chi connectivity index (χ3n) is 3.43. The number of rotatable bonds is 7. The summed E-state index contributed by atoms with van der Waals surface area (Å²) in [6.07, 6.45) is 0. The van der Waals surface area contributed by atoms with Crippen molar-refractivity contribution < 1.29 is 4.92 Å². The second-order valence-electron chi connectivity index (χ2n) is 4.87. The minimum absolute atomic E-state index is 0.133. The van der Waals surface area contributed by atoms with Crippen molar-refractivity contribution >= 4 is 23.3 Å². The summed E-state index contributed by atoms with van der Waals surface area (Å²) in [4.78, 5) is 20.9. The van der Waals surface area contributed by atoms with Crippen molar-refractivity contribution in [2.75, 3.05) is 29.0 Å². The Kier molecular flexibility index (Phi) is 5.29. The molecule has 0 aliphatic carbocycles. The summed E-state index contributed by atoms with van der Waals surface area (Å²) in [6, 6.07) is 9.57. The van der Waals surface area contributed by atoms with Crippen molar-refractivity contribution in [1.82, 2.24) is 9.97 Å². The van der Waals surface area contributed by atoms with Crippen LogP contribution in [-0.4, -0.2) is 28.0 Å². The molecule has 0 saturated carbocycles. The molecule has 3 N–H and O–H groups in total. The summed E-state index contributed by atoms with van der Waals surface area (Å²) >= 11 is 0. The van der Waals surface area contributed by atoms with Gasteiger partial charge in [-0.25, -0.2) is 0 Å². The molecule has 122 valence electrons. The summed E-state index contributed by atoms with van der Waals surface area (Å²) in [5.74, 6) is 0.379. The van der Waals surface area contributed by atoms with E-state index in [1.165, 1.54) is 0 Å². The van der Waals surface area contributed by atoms with E-state index >= 15 is 0 Å². The van der Waals surface area contributed by atoms with Crippen LogP contribution in [0.25, 0.3) is 0 Å². The molecular weight excluding hydrogens is 296 g/mol. The normalized spacial score (nSPS) is 10.3. The molecule has 0 aliphatic heterocycles. The highest BCUT2D eigenvalue weighted by Crippen LogP contribution is 2.30. The monoisotopic (exact) mass is 316 g/mol. The van der Waals surface area contributed by atoms with Crippen LogP contribution < -0.4 is 16.0 Å². The van der Waals surface area contributed by atoms with Gasteiger partial charge in [-0.05, 0) is 19.4 Å². The van der Waals surface area contributed by atoms with Crippen molar-refractivity contribution in [3.05, 3.63) is 46.0 Å². The summed E-state index contributed by atoms with van der Waals surface area (Å²) < 4.78 is 0. The van der Waals surface area contributed by atoms with E-state index in [0.29, 0.717) is 25.6 Å². The van der Waals surface area contributed by atoms with Crippen molar-refractivity contribution in [1.29, 1.82) is 0 Å². The largest absolute Gasteiger partial charge is 0.378 e. The first-order valence-corrected chi connectivity index (χ1v) is 7.41. The van der Waals surface area contributed by atoms with Crippen LogP contribution in [0.5, 0.6) is 0 Å². The predicted octanol–water partition coefficient (Wildman–Crippen LogP) is 2.43. The fourth-order valence-electron chi connectivity index (χ4n) is 2.19. The van der Waals surface area contributed by atoms with Gasteiger partial charge < -0.3 is 16.0 Å². The van der Waals surface area contributed by atoms with Crippen molar-refractivity contribution in [3.63, 3.8) is 0 Å². The third kappa shape index (κ3) is 3.85. The van der Waals surface area contributed by atoms with Gasteiger partial charge in [-0.3, -0.25) is 10.1 Å². The molecule has 1 heterocycles. The minimum Gasteiger partial charge on any atom is -0.378 e. The van der Waals surface area contributed by atoms with E-state index in [4.69, 9.17) is 5.73 Å². The van der Waals surface area contributed by atoms with Gasteiger partial charge >= 0.3 is 5.69 Å². The average molecular weight is 316 g/mol. The van der Waals surface area contributed by atoms with E-state index in [-0.39, 0.29) is 17.3 Å². The maximum absolute atomic E-state index is 11.3. The van der Waals surface area contributed by atoms with Crippen LogP contribution in [0.4, 0.5) is 23.3 Å². The molecule has 0 saturated heterocycles. The van der Waals surface area contributed by atoms with E-state index < -0.39 is 4.92 Å². The third-order valence-corrected chi connectivity index (χ3v) is 3.43. The maximum atomic E-state index is 11.3. The Labute approximate surface area is 134 Å². The van der Waals surface area contributed by atoms with Gasteiger partial charge in [0.2, 0.25) is 17.6 Å². The molecule has 0 unspecified atom stereocenters. The van der Waals surface area contributed by atoms with E-state index in [1.807, 2.05) is 49.1 Å². The Hall–Kier alpha value is -2.90. The number of aromatic nitrogens is 2. The van der Waals surface area contributed by atoms with Crippen molar-refractivity contribution in [3.8, 4) is 0 Å². The van der Waals surface area contributed by atoms with Crippen LogP contribution in [0.2, 0.25) is 0 Å². The molecule has 0 fully saturated rings. The van der Waals surface area contributed by atoms with Gasteiger partial charge in [0.15, 0.2) is 0 Å². The zero-order chi connectivity index (χ0) is 16.8. The number of nitrogens with zero attached hydrogens (tertiary/aromatic N) is 4. The molecule has 0 amide bonds. The fraction of sp³-hybridized carbons (Fsp3) is 0.333. The first-order valence-electron chi connectivity index (χ1n) is 7.41. The van der Waals surface area contributed by atoms with Gasteiger partial charge in [0.05, 0.1) is 4.92 Å². The van der Waals surface area contributed by atoms with E-state index in [9.17, 15) is 10.1 Å². The van der Waals surface area contributed by atoms with Crippen LogP contribution in [-0.2, 0) is 6.54 Å². The highest BCUT2D eigenvalue weighted by Gasteiger charge is 2.24. The lowest BCUT2D eigenvalue weighted by Gasteiger charge is -2.19. The number of hydrogen-bond acceptors (Lipinski definition) is 7. The van der Waals surface area contributed by atoms with E-state index in [1.54, 1.807) is 0 Å². The van der Waals surface area contributed by atoms with E-state index in [0.717, 1.165) is 5.56 Å². The molecular formula is C15H20N6O2. The SMILES string of the molecule is CCN(CC)c1nc(N)c([N+](=O)[O-])c(NCc2ccccc2)n1. The first-order chi connectivity index (χ1) is 11.1. The lowest BCUT2D eigenvalue weighted by molar-refractivity contribution is -0.383. The molecule has 0 atom stereocenters. The van der Waals surface area contributed by atoms with Crippen molar-refractivity contribution in [2.45, 2.75) is 20.4 Å². The van der Waals surface area contributed by atoms with Crippen molar-refractivity contribution in [2.24, 2.45) is 0 Å². The highest BCUT2D eigenvalue weighted by molar-refractivity contribution is 5.70. The molecule has 0 spiro atoms. The minimum atomic E-state index is -0.561. The molecule has 0 bridgehead atoms. The highest BCUT2D eigenvalue weighted by atomic mass is 16.6. The number of nitrogens with one attached hydrogen (secondary N) is 1. The van der Waals surface area contributed by atoms with Crippen LogP contribution in [0.1, 0.15) is 19.4 Å². The number of anilines is 3. The lowest BCUT2D eigenvalue weighted by atomic mass is 10.2. The molecule has 0 aliphatic rings. The fourth-order valence-corrected chi connectivity index (χ4v) is 2.19. The molecule has 0 radical (unpaired) electrons. The average Bonchev–Trinajstić information content (AvgIpc) is 2.54. The molecule has 1 aromatic heterocycles. The smallest absolute Gasteiger partial charge is 0.353 e. The zero-order valence-electron chi connectivity index (χ0n) is 13.2. The van der Waals surface area contributed by atoms with Crippen LogP contribution in [0, 0.1) is 10.1 Å². The molecule has 23 heavy (non-hydrogen) atoms. The summed E-state index contributed by atoms with van der Waals surface area (Å²) in [5, 5.41) is 14.3. The number of nitrogens with two attached hydrogens (primary N) is 1. The van der Waals surface area contributed by atoms with Gasteiger partial charge in [-0.2, -0.15) is 9.97 Å². The Morgan fingerprint density at radius 1 is 1.22 bits per heavy atom. The molecule has 2 aromatic rings. The lowest BCUT2D eigenvalue weighted by Crippen LogP contribution is -2.25. The number of benzene rings is 1. The number of nitrogen functional groups attached to an aromatic ring is 1. The van der Waals surface area contributed by atoms with Crippen LogP contribution in [0.3, 0.4) is 0 Å². The van der Waals surface area contributed by atoms with Crippen LogP contribution >= 0.6 is 0 Å². The molecule has 2 rings (SSSR count). The van der Waals surface area contributed by atoms with Gasteiger partial charge in [-0.15, -0.1) is 0 Å². The molecule has 1 aromatic carbocycles. The van der Waals surface area contributed by atoms with Gasteiger partial charge in [-0.1, -0.05) is 30.3 Å². The number of hydrogen-bond donors (Lipinski definition) is 2. The Morgan fingerprint density at radius 3 is 2.43 bits per heavy atom. The second kappa shape index (κ2) is 7.39. The summed E-state index contributed by atoms with van der Waals surface area (Å²) in [5.41, 5.74) is 6.47. The predicted molar refractivity (Wildman–Crippen MR) is 90.4 cm³/mol. The van der Waals surface area contributed by atoms with Crippen LogP contribution in [0.15, 0.2) is 30.3 Å².